The number of piperidine rings is 1. The molecule has 0 aromatic heterocycles. The van der Waals surface area contributed by atoms with Crippen LogP contribution in [0.5, 0.6) is 0 Å². The van der Waals surface area contributed by atoms with Crippen molar-refractivity contribution < 1.29 is 9.53 Å². The summed E-state index contributed by atoms with van der Waals surface area (Å²) in [7, 11) is 0. The zero-order chi connectivity index (χ0) is 16.2. The first-order valence-electron chi connectivity index (χ1n) is 8.12. The van der Waals surface area contributed by atoms with E-state index < -0.39 is 5.60 Å². The van der Waals surface area contributed by atoms with Gasteiger partial charge in [0.15, 0.2) is 0 Å². The van der Waals surface area contributed by atoms with Crippen LogP contribution in [-0.2, 0) is 4.74 Å². The molecule has 1 aromatic carbocycles. The molecule has 0 spiro atoms. The average Bonchev–Trinajstić information content (AvgIpc) is 2.44. The highest BCUT2D eigenvalue weighted by Gasteiger charge is 2.27. The second-order valence-corrected chi connectivity index (χ2v) is 7.18. The molecule has 1 atom stereocenters. The Morgan fingerprint density at radius 3 is 2.86 bits per heavy atom. The Balaban J connectivity index is 1.84. The summed E-state index contributed by atoms with van der Waals surface area (Å²) >= 11 is 0. The van der Waals surface area contributed by atoms with E-state index in [1.807, 2.05) is 25.7 Å². The van der Waals surface area contributed by atoms with Gasteiger partial charge in [0.05, 0.1) is 0 Å². The number of ether oxygens (including phenoxy) is 1. The molecule has 1 aliphatic rings. The van der Waals surface area contributed by atoms with Crippen LogP contribution in [0.4, 0.5) is 10.5 Å². The van der Waals surface area contributed by atoms with Gasteiger partial charge in [0.1, 0.15) is 5.60 Å². The fourth-order valence-corrected chi connectivity index (χ4v) is 2.74. The Labute approximate surface area is 133 Å². The van der Waals surface area contributed by atoms with E-state index in [4.69, 9.17) is 4.74 Å². The first-order valence-corrected chi connectivity index (χ1v) is 8.12. The van der Waals surface area contributed by atoms with Crippen molar-refractivity contribution >= 4 is 11.8 Å². The summed E-state index contributed by atoms with van der Waals surface area (Å²) in [5.41, 5.74) is 1.97. The van der Waals surface area contributed by atoms with Gasteiger partial charge in [0, 0.05) is 25.3 Å². The number of nitrogens with zero attached hydrogens (tertiary/aromatic N) is 1. The number of hydrogen-bond donors (Lipinski definition) is 1. The van der Waals surface area contributed by atoms with Gasteiger partial charge in [0.25, 0.3) is 0 Å². The number of anilines is 1. The Morgan fingerprint density at radius 2 is 2.18 bits per heavy atom. The molecule has 0 aliphatic carbocycles. The van der Waals surface area contributed by atoms with Gasteiger partial charge in [-0.25, -0.2) is 4.79 Å². The molecule has 4 heteroatoms. The van der Waals surface area contributed by atoms with Gasteiger partial charge in [-0.2, -0.15) is 0 Å². The van der Waals surface area contributed by atoms with Gasteiger partial charge in [-0.15, -0.1) is 0 Å². The summed E-state index contributed by atoms with van der Waals surface area (Å²) in [5, 5.41) is 3.48. The predicted molar refractivity (Wildman–Crippen MR) is 90.2 cm³/mol. The maximum atomic E-state index is 12.2. The van der Waals surface area contributed by atoms with E-state index in [1.165, 1.54) is 5.56 Å². The van der Waals surface area contributed by atoms with E-state index in [-0.39, 0.29) is 6.09 Å². The number of hydrogen-bond acceptors (Lipinski definition) is 3. The maximum Gasteiger partial charge on any atom is 0.410 e. The molecule has 22 heavy (non-hydrogen) atoms. The summed E-state index contributed by atoms with van der Waals surface area (Å²) in [6, 6.07) is 8.39. The lowest BCUT2D eigenvalue weighted by atomic mass is 9.98. The van der Waals surface area contributed by atoms with E-state index in [0.717, 1.165) is 38.2 Å². The van der Waals surface area contributed by atoms with E-state index in [1.54, 1.807) is 0 Å². The molecule has 1 unspecified atom stereocenters. The maximum absolute atomic E-state index is 12.2. The quantitative estimate of drug-likeness (QED) is 0.916. The highest BCUT2D eigenvalue weighted by molar-refractivity contribution is 5.68. The fraction of sp³-hybridized carbons (Fsp3) is 0.611. The van der Waals surface area contributed by atoms with Crippen LogP contribution in [0.25, 0.3) is 0 Å². The SMILES string of the molecule is Cc1cccc(NCC2CCCN(C(=O)OC(C)(C)C)C2)c1. The second-order valence-electron chi connectivity index (χ2n) is 7.18. The highest BCUT2D eigenvalue weighted by atomic mass is 16.6. The van der Waals surface area contributed by atoms with Crippen LogP contribution >= 0.6 is 0 Å². The van der Waals surface area contributed by atoms with E-state index in [9.17, 15) is 4.79 Å². The first kappa shape index (κ1) is 16.7. The van der Waals surface area contributed by atoms with Crippen molar-refractivity contribution in [2.24, 2.45) is 5.92 Å². The van der Waals surface area contributed by atoms with Crippen molar-refractivity contribution in [3.63, 3.8) is 0 Å². The minimum absolute atomic E-state index is 0.187. The monoisotopic (exact) mass is 304 g/mol. The van der Waals surface area contributed by atoms with Crippen molar-refractivity contribution in [1.29, 1.82) is 0 Å². The summed E-state index contributed by atoms with van der Waals surface area (Å²) in [4.78, 5) is 14.0. The lowest BCUT2D eigenvalue weighted by Crippen LogP contribution is -2.44. The summed E-state index contributed by atoms with van der Waals surface area (Å²) in [6.45, 7) is 10.3. The van der Waals surface area contributed by atoms with E-state index in [2.05, 4.69) is 36.5 Å². The van der Waals surface area contributed by atoms with Crippen LogP contribution in [0.1, 0.15) is 39.2 Å². The van der Waals surface area contributed by atoms with Gasteiger partial charge >= 0.3 is 6.09 Å². The third kappa shape index (κ3) is 5.24. The molecular weight excluding hydrogens is 276 g/mol. The molecule has 1 N–H and O–H groups in total. The van der Waals surface area contributed by atoms with Crippen LogP contribution in [-0.4, -0.2) is 36.2 Å². The van der Waals surface area contributed by atoms with Gasteiger partial charge < -0.3 is 15.0 Å². The highest BCUT2D eigenvalue weighted by Crippen LogP contribution is 2.20. The number of nitrogens with one attached hydrogen (secondary N) is 1. The molecule has 0 bridgehead atoms. The summed E-state index contributed by atoms with van der Waals surface area (Å²) in [6.07, 6.45) is 2.00. The topological polar surface area (TPSA) is 41.6 Å². The van der Waals surface area contributed by atoms with Crippen LogP contribution in [0.3, 0.4) is 0 Å². The average molecular weight is 304 g/mol. The molecule has 0 saturated carbocycles. The van der Waals surface area contributed by atoms with Crippen LogP contribution in [0.2, 0.25) is 0 Å². The number of aryl methyl sites for hydroxylation is 1. The van der Waals surface area contributed by atoms with Crippen LogP contribution < -0.4 is 5.32 Å². The van der Waals surface area contributed by atoms with Crippen molar-refractivity contribution in [3.8, 4) is 0 Å². The Morgan fingerprint density at radius 1 is 1.41 bits per heavy atom. The molecule has 1 aromatic rings. The van der Waals surface area contributed by atoms with Gasteiger partial charge in [-0.3, -0.25) is 0 Å². The van der Waals surface area contributed by atoms with Crippen LogP contribution in [0, 0.1) is 12.8 Å². The fourth-order valence-electron chi connectivity index (χ4n) is 2.74. The van der Waals surface area contributed by atoms with Gasteiger partial charge in [-0.1, -0.05) is 12.1 Å². The first-order chi connectivity index (χ1) is 10.3. The number of carbonyl (C=O) groups excluding carboxylic acids is 1. The van der Waals surface area contributed by atoms with Gasteiger partial charge in [0.2, 0.25) is 0 Å². The smallest absolute Gasteiger partial charge is 0.410 e. The van der Waals surface area contributed by atoms with Crippen molar-refractivity contribution in [1.82, 2.24) is 4.90 Å². The molecule has 122 valence electrons. The molecule has 1 aliphatic heterocycles. The second kappa shape index (κ2) is 7.03. The van der Waals surface area contributed by atoms with E-state index in [0.29, 0.717) is 5.92 Å². The van der Waals surface area contributed by atoms with Crippen molar-refractivity contribution in [3.05, 3.63) is 29.8 Å². The predicted octanol–water partition coefficient (Wildman–Crippen LogP) is 4.05. The van der Waals surface area contributed by atoms with Gasteiger partial charge in [-0.05, 0) is 64.2 Å². The number of likely N-dealkylation sites (tertiary alicyclic amines) is 1. The molecule has 1 amide bonds. The van der Waals surface area contributed by atoms with Crippen LogP contribution in [0.15, 0.2) is 24.3 Å². The number of carbonyl (C=O) groups is 1. The molecule has 1 fully saturated rings. The minimum Gasteiger partial charge on any atom is -0.444 e. The molecule has 2 rings (SSSR count). The Bertz CT molecular complexity index is 508. The van der Waals surface area contributed by atoms with Crippen molar-refractivity contribution in [2.45, 2.75) is 46.1 Å². The number of amides is 1. The Hall–Kier alpha value is -1.71. The normalized spacial score (nSPS) is 18.9. The zero-order valence-electron chi connectivity index (χ0n) is 14.2. The summed E-state index contributed by atoms with van der Waals surface area (Å²) < 4.78 is 5.47. The lowest BCUT2D eigenvalue weighted by Gasteiger charge is -2.34. The molecule has 0 radical (unpaired) electrons. The molecular formula is C18H28N2O2. The molecule has 4 nitrogen and oxygen atoms in total. The van der Waals surface area contributed by atoms with E-state index >= 15 is 0 Å². The lowest BCUT2D eigenvalue weighted by molar-refractivity contribution is 0.0172. The minimum atomic E-state index is -0.427. The third-order valence-corrected chi connectivity index (χ3v) is 3.78. The standard InChI is InChI=1S/C18H28N2O2/c1-14-7-5-9-16(11-14)19-12-15-8-6-10-20(13-15)17(21)22-18(2,3)4/h5,7,9,11,15,19H,6,8,10,12-13H2,1-4H3. The van der Waals surface area contributed by atoms with Crippen molar-refractivity contribution in [2.75, 3.05) is 25.0 Å². The third-order valence-electron chi connectivity index (χ3n) is 3.78. The summed E-state index contributed by atoms with van der Waals surface area (Å²) in [5.74, 6) is 0.474. The molecule has 1 saturated heterocycles. The Kier molecular flexibility index (Phi) is 5.33. The number of benzene rings is 1. The molecule has 1 heterocycles. The number of rotatable bonds is 3. The zero-order valence-corrected chi connectivity index (χ0v) is 14.2. The largest absolute Gasteiger partial charge is 0.444 e.